The zero-order valence-electron chi connectivity index (χ0n) is 13.3. The summed E-state index contributed by atoms with van der Waals surface area (Å²) in [4.78, 5) is 35.0. The zero-order valence-corrected chi connectivity index (χ0v) is 14.2. The van der Waals surface area contributed by atoms with Gasteiger partial charge in [-0.15, -0.1) is 11.3 Å². The smallest absolute Gasteiger partial charge is 0.267 e. The molecule has 7 nitrogen and oxygen atoms in total. The fraction of sp³-hybridized carbons (Fsp3) is 0. The zero-order chi connectivity index (χ0) is 18.5. The number of benzene rings is 2. The SMILES string of the molecule is O=C(NNC(=O)c1sccc1-c1ccccc1)c1ccc([N+](=O)[O-])cc1. The lowest BCUT2D eigenvalue weighted by Gasteiger charge is -2.08. The van der Waals surface area contributed by atoms with E-state index in [0.717, 1.165) is 11.1 Å². The summed E-state index contributed by atoms with van der Waals surface area (Å²) in [5, 5.41) is 12.4. The van der Waals surface area contributed by atoms with E-state index >= 15 is 0 Å². The van der Waals surface area contributed by atoms with Gasteiger partial charge >= 0.3 is 0 Å². The van der Waals surface area contributed by atoms with Crippen LogP contribution in [-0.2, 0) is 0 Å². The Balaban J connectivity index is 1.67. The maximum atomic E-state index is 12.4. The van der Waals surface area contributed by atoms with Crippen molar-refractivity contribution in [1.82, 2.24) is 10.9 Å². The molecule has 3 rings (SSSR count). The lowest BCUT2D eigenvalue weighted by Crippen LogP contribution is -2.41. The van der Waals surface area contributed by atoms with Crippen molar-refractivity contribution in [1.29, 1.82) is 0 Å². The molecule has 0 fully saturated rings. The highest BCUT2D eigenvalue weighted by atomic mass is 32.1. The van der Waals surface area contributed by atoms with Gasteiger partial charge in [0, 0.05) is 23.3 Å². The first-order valence-corrected chi connectivity index (χ1v) is 8.42. The fourth-order valence-electron chi connectivity index (χ4n) is 2.31. The first kappa shape index (κ1) is 17.3. The Morgan fingerprint density at radius 3 is 2.19 bits per heavy atom. The molecule has 2 amide bonds. The van der Waals surface area contributed by atoms with Gasteiger partial charge in [0.1, 0.15) is 4.88 Å². The van der Waals surface area contributed by atoms with Crippen LogP contribution in [0.4, 0.5) is 5.69 Å². The molecular weight excluding hydrogens is 354 g/mol. The van der Waals surface area contributed by atoms with E-state index in [4.69, 9.17) is 0 Å². The minimum Gasteiger partial charge on any atom is -0.267 e. The van der Waals surface area contributed by atoms with Gasteiger partial charge in [-0.2, -0.15) is 0 Å². The largest absolute Gasteiger partial charge is 0.280 e. The second-order valence-corrected chi connectivity index (χ2v) is 6.16. The lowest BCUT2D eigenvalue weighted by atomic mass is 10.1. The number of nitro groups is 1. The maximum absolute atomic E-state index is 12.4. The minimum atomic E-state index is -0.564. The Morgan fingerprint density at radius 2 is 1.54 bits per heavy atom. The van der Waals surface area contributed by atoms with E-state index in [1.54, 1.807) is 5.38 Å². The Bertz CT molecular complexity index is 952. The third-order valence-corrected chi connectivity index (χ3v) is 4.50. The summed E-state index contributed by atoms with van der Waals surface area (Å²) in [6.45, 7) is 0. The molecule has 0 atom stereocenters. The van der Waals surface area contributed by atoms with E-state index in [2.05, 4.69) is 10.9 Å². The predicted octanol–water partition coefficient (Wildman–Crippen LogP) is 3.40. The van der Waals surface area contributed by atoms with Crippen LogP contribution in [0.5, 0.6) is 0 Å². The van der Waals surface area contributed by atoms with Crippen LogP contribution in [0.25, 0.3) is 11.1 Å². The van der Waals surface area contributed by atoms with Gasteiger partial charge in [0.05, 0.1) is 4.92 Å². The van der Waals surface area contributed by atoms with E-state index in [-0.39, 0.29) is 11.3 Å². The summed E-state index contributed by atoms with van der Waals surface area (Å²) in [5.41, 5.74) is 6.45. The first-order chi connectivity index (χ1) is 12.6. The molecule has 0 unspecified atom stereocenters. The lowest BCUT2D eigenvalue weighted by molar-refractivity contribution is -0.384. The molecule has 3 aromatic rings. The van der Waals surface area contributed by atoms with Crippen molar-refractivity contribution < 1.29 is 14.5 Å². The maximum Gasteiger partial charge on any atom is 0.280 e. The van der Waals surface area contributed by atoms with Gasteiger partial charge in [0.2, 0.25) is 0 Å². The van der Waals surface area contributed by atoms with Crippen molar-refractivity contribution in [2.75, 3.05) is 0 Å². The monoisotopic (exact) mass is 367 g/mol. The number of amides is 2. The van der Waals surface area contributed by atoms with E-state index in [9.17, 15) is 19.7 Å². The Labute approximate surface area is 152 Å². The Hall–Kier alpha value is -3.52. The summed E-state index contributed by atoms with van der Waals surface area (Å²) in [6.07, 6.45) is 0. The highest BCUT2D eigenvalue weighted by molar-refractivity contribution is 7.12. The van der Waals surface area contributed by atoms with Gasteiger partial charge in [-0.3, -0.25) is 30.6 Å². The van der Waals surface area contributed by atoms with Gasteiger partial charge in [0.15, 0.2) is 0 Å². The third-order valence-electron chi connectivity index (χ3n) is 3.59. The predicted molar refractivity (Wildman–Crippen MR) is 97.8 cm³/mol. The molecule has 0 spiro atoms. The second-order valence-electron chi connectivity index (χ2n) is 5.24. The molecule has 0 bridgehead atoms. The third kappa shape index (κ3) is 3.76. The van der Waals surface area contributed by atoms with E-state index < -0.39 is 16.7 Å². The number of hydrazine groups is 1. The molecule has 2 N–H and O–H groups in total. The van der Waals surface area contributed by atoms with Gasteiger partial charge in [0.25, 0.3) is 17.5 Å². The molecule has 8 heteroatoms. The Kier molecular flexibility index (Phi) is 5.04. The van der Waals surface area contributed by atoms with Gasteiger partial charge in [-0.05, 0) is 29.1 Å². The standard InChI is InChI=1S/C18H13N3O4S/c22-17(13-6-8-14(9-7-13)21(24)25)19-20-18(23)16-15(10-11-26-16)12-4-2-1-3-5-12/h1-11H,(H,19,22)(H,20,23). The highest BCUT2D eigenvalue weighted by Crippen LogP contribution is 2.27. The molecule has 0 saturated heterocycles. The molecule has 0 aliphatic heterocycles. The van der Waals surface area contributed by atoms with Crippen LogP contribution in [0.2, 0.25) is 0 Å². The summed E-state index contributed by atoms with van der Waals surface area (Å²) in [7, 11) is 0. The summed E-state index contributed by atoms with van der Waals surface area (Å²) in [5.74, 6) is -1.000. The number of hydrogen-bond donors (Lipinski definition) is 2. The number of carbonyl (C=O) groups excluding carboxylic acids is 2. The number of rotatable bonds is 4. The molecule has 0 aliphatic carbocycles. The summed E-state index contributed by atoms with van der Waals surface area (Å²) < 4.78 is 0. The number of non-ortho nitro benzene ring substituents is 1. The number of thiophene rings is 1. The van der Waals surface area contributed by atoms with Crippen LogP contribution in [0.1, 0.15) is 20.0 Å². The average Bonchev–Trinajstić information content (AvgIpc) is 3.16. The summed E-state index contributed by atoms with van der Waals surface area (Å²) >= 11 is 1.27. The minimum absolute atomic E-state index is 0.114. The van der Waals surface area contributed by atoms with Crippen molar-refractivity contribution in [3.8, 4) is 11.1 Å². The molecule has 1 aromatic heterocycles. The second kappa shape index (κ2) is 7.58. The number of nitrogens with one attached hydrogen (secondary N) is 2. The van der Waals surface area contributed by atoms with Crippen molar-refractivity contribution >= 4 is 28.8 Å². The van der Waals surface area contributed by atoms with Gasteiger partial charge < -0.3 is 0 Å². The van der Waals surface area contributed by atoms with Crippen molar-refractivity contribution in [3.63, 3.8) is 0 Å². The molecular formula is C18H13N3O4S. The van der Waals surface area contributed by atoms with E-state index in [1.165, 1.54) is 35.6 Å². The van der Waals surface area contributed by atoms with Crippen LogP contribution in [-0.4, -0.2) is 16.7 Å². The topological polar surface area (TPSA) is 101 Å². The molecule has 0 aliphatic rings. The number of carbonyl (C=O) groups is 2. The molecule has 0 saturated carbocycles. The normalized spacial score (nSPS) is 10.2. The van der Waals surface area contributed by atoms with Crippen molar-refractivity contribution in [3.05, 3.63) is 86.6 Å². The van der Waals surface area contributed by atoms with Crippen molar-refractivity contribution in [2.24, 2.45) is 0 Å². The van der Waals surface area contributed by atoms with Crippen LogP contribution < -0.4 is 10.9 Å². The molecule has 26 heavy (non-hydrogen) atoms. The van der Waals surface area contributed by atoms with E-state index in [0.29, 0.717) is 4.88 Å². The average molecular weight is 367 g/mol. The molecule has 0 radical (unpaired) electrons. The Morgan fingerprint density at radius 1 is 0.885 bits per heavy atom. The number of nitro benzene ring substituents is 1. The van der Waals surface area contributed by atoms with Crippen LogP contribution >= 0.6 is 11.3 Å². The molecule has 2 aromatic carbocycles. The molecule has 1 heterocycles. The fourth-order valence-corrected chi connectivity index (χ4v) is 3.12. The first-order valence-electron chi connectivity index (χ1n) is 7.54. The van der Waals surface area contributed by atoms with Gasteiger partial charge in [-0.1, -0.05) is 30.3 Å². The number of hydrogen-bond acceptors (Lipinski definition) is 5. The number of nitrogens with zero attached hydrogens (tertiary/aromatic N) is 1. The van der Waals surface area contributed by atoms with Crippen LogP contribution in [0.3, 0.4) is 0 Å². The molecule has 130 valence electrons. The van der Waals surface area contributed by atoms with Crippen LogP contribution in [0.15, 0.2) is 66.0 Å². The van der Waals surface area contributed by atoms with E-state index in [1.807, 2.05) is 36.4 Å². The quantitative estimate of drug-likeness (QED) is 0.545. The highest BCUT2D eigenvalue weighted by Gasteiger charge is 2.16. The van der Waals surface area contributed by atoms with Crippen LogP contribution in [0, 0.1) is 10.1 Å². The van der Waals surface area contributed by atoms with Gasteiger partial charge in [-0.25, -0.2) is 0 Å². The van der Waals surface area contributed by atoms with Crippen molar-refractivity contribution in [2.45, 2.75) is 0 Å². The summed E-state index contributed by atoms with van der Waals surface area (Å²) in [6, 6.07) is 16.4.